The first kappa shape index (κ1) is 32.4. The molecule has 2 fully saturated rings. The van der Waals surface area contributed by atoms with Crippen LogP contribution in [0.4, 0.5) is 19.6 Å². The summed E-state index contributed by atoms with van der Waals surface area (Å²) in [5, 5.41) is 6.81. The summed E-state index contributed by atoms with van der Waals surface area (Å²) >= 11 is 1.50. The smallest absolute Gasteiger partial charge is 0.280 e. The number of aldehydes is 1. The third-order valence-corrected chi connectivity index (χ3v) is 7.46. The minimum atomic E-state index is -2.75. The van der Waals surface area contributed by atoms with Gasteiger partial charge in [0.2, 0.25) is 5.91 Å². The zero-order chi connectivity index (χ0) is 31.6. The van der Waals surface area contributed by atoms with E-state index in [1.54, 1.807) is 29.3 Å². The van der Waals surface area contributed by atoms with Gasteiger partial charge in [0, 0.05) is 42.9 Å². The van der Waals surface area contributed by atoms with Crippen LogP contribution in [0.2, 0.25) is 0 Å². The maximum absolute atomic E-state index is 13.1. The van der Waals surface area contributed by atoms with E-state index in [1.807, 2.05) is 20.9 Å². The number of pyridine rings is 1. The van der Waals surface area contributed by atoms with Crippen molar-refractivity contribution in [3.05, 3.63) is 53.6 Å². The first-order valence-corrected chi connectivity index (χ1v) is 15.0. The van der Waals surface area contributed by atoms with E-state index >= 15 is 0 Å². The topological polar surface area (TPSA) is 122 Å². The van der Waals surface area contributed by atoms with Gasteiger partial charge in [-0.25, -0.2) is 18.7 Å². The van der Waals surface area contributed by atoms with Crippen molar-refractivity contribution in [2.75, 3.05) is 44.0 Å². The zero-order valence-corrected chi connectivity index (χ0v) is 25.7. The van der Waals surface area contributed by atoms with Crippen molar-refractivity contribution in [1.82, 2.24) is 25.3 Å². The van der Waals surface area contributed by atoms with E-state index in [9.17, 15) is 18.4 Å². The van der Waals surface area contributed by atoms with Crippen molar-refractivity contribution in [2.45, 2.75) is 33.1 Å². The van der Waals surface area contributed by atoms with Gasteiger partial charge in [0.1, 0.15) is 17.1 Å². The zero-order valence-electron chi connectivity index (χ0n) is 24.9. The highest BCUT2D eigenvalue weighted by molar-refractivity contribution is 7.21. The largest absolute Gasteiger partial charge is 0.494 e. The number of carbonyl (C=O) groups is 2. The van der Waals surface area contributed by atoms with Crippen LogP contribution in [-0.4, -0.2) is 65.9 Å². The van der Waals surface area contributed by atoms with Crippen LogP contribution < -0.4 is 20.3 Å². The molecule has 2 aliphatic rings. The van der Waals surface area contributed by atoms with Crippen LogP contribution in [0, 0.1) is 17.8 Å². The number of anilines is 2. The number of carbonyl (C=O) groups excluding carboxylic acids is 2. The molecule has 4 aromatic rings. The average molecular weight is 622 g/mol. The molecule has 10 nitrogen and oxygen atoms in total. The van der Waals surface area contributed by atoms with Crippen LogP contribution in [0.1, 0.15) is 54.9 Å². The monoisotopic (exact) mass is 621 g/mol. The van der Waals surface area contributed by atoms with Crippen molar-refractivity contribution in [1.29, 1.82) is 0 Å². The average Bonchev–Trinajstić information content (AvgIpc) is 3.81. The fourth-order valence-electron chi connectivity index (χ4n) is 4.17. The molecule has 0 radical (unpaired) electrons. The maximum atomic E-state index is 13.1. The molecule has 0 bridgehead atoms. The Balaban J connectivity index is 0.000000209. The first-order chi connectivity index (χ1) is 21.4. The number of aromatic nitrogens is 4. The third kappa shape index (κ3) is 7.89. The second-order valence-corrected chi connectivity index (χ2v) is 10.4. The Labute approximate surface area is 258 Å². The van der Waals surface area contributed by atoms with Crippen LogP contribution in [0.5, 0.6) is 5.75 Å². The van der Waals surface area contributed by atoms with E-state index in [1.165, 1.54) is 43.6 Å². The molecule has 3 aromatic heterocycles. The van der Waals surface area contributed by atoms with Crippen molar-refractivity contribution >= 4 is 44.8 Å². The molecule has 1 amide bonds. The molecule has 1 saturated heterocycles. The highest BCUT2D eigenvalue weighted by Crippen LogP contribution is 2.36. The fraction of sp³-hybridized carbons (Fsp3) is 0.355. The number of methoxy groups -OCH3 is 1. The van der Waals surface area contributed by atoms with Gasteiger partial charge in [-0.15, -0.1) is 0 Å². The predicted molar refractivity (Wildman–Crippen MR) is 167 cm³/mol. The lowest BCUT2D eigenvalue weighted by Gasteiger charge is -2.28. The summed E-state index contributed by atoms with van der Waals surface area (Å²) in [6.45, 7) is 5.35. The minimum absolute atomic E-state index is 0.101. The van der Waals surface area contributed by atoms with E-state index in [0.29, 0.717) is 53.3 Å². The van der Waals surface area contributed by atoms with Gasteiger partial charge in [0.15, 0.2) is 21.9 Å². The number of hydrogen-bond donors (Lipinski definition) is 2. The van der Waals surface area contributed by atoms with E-state index in [2.05, 4.69) is 42.4 Å². The number of halogens is 2. The summed E-state index contributed by atoms with van der Waals surface area (Å²) in [7, 11) is 3.23. The quantitative estimate of drug-likeness (QED) is 0.216. The molecule has 4 heterocycles. The molecule has 1 saturated carbocycles. The molecule has 0 atom stereocenters. The number of nitrogens with one attached hydrogen (secondary N) is 2. The Hall–Kier alpha value is -4.54. The summed E-state index contributed by atoms with van der Waals surface area (Å²) < 4.78 is 31.4. The summed E-state index contributed by atoms with van der Waals surface area (Å²) in [6, 6.07) is 6.07. The van der Waals surface area contributed by atoms with E-state index in [0.717, 1.165) is 15.7 Å². The number of fused-ring (bicyclic) bond motifs is 1. The molecule has 6 rings (SSSR count). The molecule has 1 aliphatic carbocycles. The molecule has 2 N–H and O–H groups in total. The molecule has 0 spiro atoms. The normalized spacial score (nSPS) is 14.1. The molecule has 13 heteroatoms. The summed E-state index contributed by atoms with van der Waals surface area (Å²) in [5.74, 6) is 6.99. The Morgan fingerprint density at radius 3 is 2.61 bits per heavy atom. The number of benzene rings is 1. The lowest BCUT2D eigenvalue weighted by atomic mass is 9.98. The number of alkyl halides is 2. The number of hydrogen-bond acceptors (Lipinski definition) is 10. The van der Waals surface area contributed by atoms with Gasteiger partial charge in [-0.05, 0) is 48.6 Å². The van der Waals surface area contributed by atoms with Gasteiger partial charge in [0.25, 0.3) is 6.43 Å². The van der Waals surface area contributed by atoms with Crippen molar-refractivity contribution in [2.24, 2.45) is 5.92 Å². The van der Waals surface area contributed by atoms with Gasteiger partial charge in [-0.1, -0.05) is 31.1 Å². The van der Waals surface area contributed by atoms with Crippen LogP contribution in [0.25, 0.3) is 21.6 Å². The second-order valence-electron chi connectivity index (χ2n) is 9.42. The third-order valence-electron chi connectivity index (χ3n) is 6.51. The minimum Gasteiger partial charge on any atom is -0.494 e. The molecular weight excluding hydrogens is 588 g/mol. The summed E-state index contributed by atoms with van der Waals surface area (Å²) in [5.41, 5.74) is 2.64. The Kier molecular flexibility index (Phi) is 11.2. The van der Waals surface area contributed by atoms with E-state index in [-0.39, 0.29) is 18.2 Å². The van der Waals surface area contributed by atoms with Crippen LogP contribution >= 0.6 is 11.3 Å². The number of nitrogens with zero attached hydrogens (tertiary/aromatic N) is 5. The van der Waals surface area contributed by atoms with E-state index < -0.39 is 12.1 Å². The second kappa shape index (κ2) is 15.3. The standard InChI is InChI=1S/C18H17F2N3O3.C11H10N4S.C2H6/c1-26-16-8-22-15(18(19)20)7-14(16)13-6-12(3-2-11(13)10-24)23-5-4-21-9-17(23)25;1-12-11-15-9-10(16-11)14-8(6-13-9)5-4-7-2-3-7;1-2/h2-3,6-8,10,18,21H,4-5,9H2,1H3;6-7H,2-3H2,1H3,(H,12,13,15);1-2H3. The Bertz CT molecular complexity index is 1680. The highest BCUT2D eigenvalue weighted by atomic mass is 32.1. The van der Waals surface area contributed by atoms with Crippen LogP contribution in [0.3, 0.4) is 0 Å². The van der Waals surface area contributed by atoms with Crippen molar-refractivity contribution in [3.63, 3.8) is 0 Å². The fourth-order valence-corrected chi connectivity index (χ4v) is 4.92. The van der Waals surface area contributed by atoms with Crippen LogP contribution in [0.15, 0.2) is 36.7 Å². The van der Waals surface area contributed by atoms with Crippen molar-refractivity contribution < 1.29 is 23.1 Å². The first-order valence-electron chi connectivity index (χ1n) is 14.2. The molecule has 230 valence electrons. The number of thiazole rings is 1. The van der Waals surface area contributed by atoms with Gasteiger partial charge in [-0.2, -0.15) is 4.98 Å². The number of ether oxygens (including phenoxy) is 1. The van der Waals surface area contributed by atoms with E-state index in [4.69, 9.17) is 4.74 Å². The number of piperazine rings is 1. The Morgan fingerprint density at radius 2 is 1.95 bits per heavy atom. The SMILES string of the molecule is CC.CNc1nc2ncc(C#CC3CC3)nc2s1.COc1cnc(C(F)F)cc1-c1cc(N2CCNCC2=O)ccc1C=O. The predicted octanol–water partition coefficient (Wildman–Crippen LogP) is 5.36. The lowest BCUT2D eigenvalue weighted by Crippen LogP contribution is -2.48. The van der Waals surface area contributed by atoms with Gasteiger partial charge < -0.3 is 20.3 Å². The molecule has 1 aliphatic heterocycles. The molecule has 0 unspecified atom stereocenters. The summed E-state index contributed by atoms with van der Waals surface area (Å²) in [4.78, 5) is 42.6. The Morgan fingerprint density at radius 1 is 1.16 bits per heavy atom. The van der Waals surface area contributed by atoms with Gasteiger partial charge in [-0.3, -0.25) is 14.6 Å². The number of amides is 1. The molecule has 1 aromatic carbocycles. The molecular formula is C31H33F2N7O3S. The van der Waals surface area contributed by atoms with Gasteiger partial charge in [0.05, 0.1) is 26.0 Å². The summed E-state index contributed by atoms with van der Waals surface area (Å²) in [6.07, 6.45) is 3.24. The number of rotatable bonds is 6. The molecule has 44 heavy (non-hydrogen) atoms. The van der Waals surface area contributed by atoms with Crippen LogP contribution in [-0.2, 0) is 4.79 Å². The maximum Gasteiger partial charge on any atom is 0.280 e. The van der Waals surface area contributed by atoms with Crippen molar-refractivity contribution in [3.8, 4) is 28.7 Å². The highest BCUT2D eigenvalue weighted by Gasteiger charge is 2.22. The van der Waals surface area contributed by atoms with Gasteiger partial charge >= 0.3 is 0 Å². The lowest BCUT2D eigenvalue weighted by molar-refractivity contribution is -0.118.